The Morgan fingerprint density at radius 1 is 0.750 bits per heavy atom. The van der Waals surface area contributed by atoms with Crippen molar-refractivity contribution in [1.29, 1.82) is 0 Å². The first-order valence-electron chi connectivity index (χ1n) is 11.0. The van der Waals surface area contributed by atoms with Crippen LogP contribution in [-0.4, -0.2) is 42.2 Å². The van der Waals surface area contributed by atoms with Crippen LogP contribution < -0.4 is 30.2 Å². The maximum Gasteiger partial charge on any atom is 0.255 e. The van der Waals surface area contributed by atoms with Gasteiger partial charge < -0.3 is 30.2 Å². The predicted molar refractivity (Wildman–Crippen MR) is 138 cm³/mol. The zero-order valence-electron chi connectivity index (χ0n) is 20.3. The Labute approximate surface area is 208 Å². The van der Waals surface area contributed by atoms with Gasteiger partial charge in [-0.1, -0.05) is 6.07 Å². The van der Waals surface area contributed by atoms with E-state index in [9.17, 15) is 4.79 Å². The second kappa shape index (κ2) is 11.0. The molecule has 36 heavy (non-hydrogen) atoms. The summed E-state index contributed by atoms with van der Waals surface area (Å²) in [7, 11) is 4.51. The molecule has 0 saturated heterocycles. The third-order valence-electron chi connectivity index (χ3n) is 5.10. The number of hydrogen-bond acceptors (Lipinski definition) is 9. The van der Waals surface area contributed by atoms with Crippen molar-refractivity contribution in [1.82, 2.24) is 15.0 Å². The first-order valence-corrected chi connectivity index (χ1v) is 11.0. The van der Waals surface area contributed by atoms with Crippen molar-refractivity contribution in [2.45, 2.75) is 6.92 Å². The molecular formula is C26H26N6O4. The summed E-state index contributed by atoms with van der Waals surface area (Å²) in [6, 6.07) is 17.9. The highest BCUT2D eigenvalue weighted by molar-refractivity contribution is 6.05. The third-order valence-corrected chi connectivity index (χ3v) is 5.10. The van der Waals surface area contributed by atoms with Crippen molar-refractivity contribution >= 4 is 34.7 Å². The Morgan fingerprint density at radius 2 is 1.39 bits per heavy atom. The molecule has 0 spiro atoms. The van der Waals surface area contributed by atoms with Gasteiger partial charge in [-0.15, -0.1) is 0 Å². The summed E-state index contributed by atoms with van der Waals surface area (Å²) in [6.07, 6.45) is 1.71. The number of methoxy groups -OCH3 is 3. The monoisotopic (exact) mass is 486 g/mol. The molecule has 4 aromatic rings. The second-order valence-electron chi connectivity index (χ2n) is 7.60. The lowest BCUT2D eigenvalue weighted by Crippen LogP contribution is -2.12. The minimum absolute atomic E-state index is 0.313. The highest BCUT2D eigenvalue weighted by Crippen LogP contribution is 2.38. The number of aryl methyl sites for hydroxylation is 1. The van der Waals surface area contributed by atoms with Crippen LogP contribution in [0.15, 0.2) is 66.9 Å². The van der Waals surface area contributed by atoms with Crippen LogP contribution in [0.2, 0.25) is 0 Å². The van der Waals surface area contributed by atoms with Crippen molar-refractivity contribution in [3.63, 3.8) is 0 Å². The summed E-state index contributed by atoms with van der Waals surface area (Å²) in [5.74, 6) is 3.45. The predicted octanol–water partition coefficient (Wildman–Crippen LogP) is 4.95. The molecule has 0 aliphatic rings. The minimum Gasteiger partial charge on any atom is -0.493 e. The van der Waals surface area contributed by atoms with Crippen LogP contribution in [0.1, 0.15) is 16.2 Å². The fraction of sp³-hybridized carbons (Fsp3) is 0.154. The number of ether oxygens (including phenoxy) is 3. The fourth-order valence-electron chi connectivity index (χ4n) is 3.46. The number of benzene rings is 2. The maximum atomic E-state index is 12.8. The average molecular weight is 487 g/mol. The summed E-state index contributed by atoms with van der Waals surface area (Å²) < 4.78 is 16.0. The van der Waals surface area contributed by atoms with Crippen LogP contribution in [0.25, 0.3) is 0 Å². The van der Waals surface area contributed by atoms with Crippen molar-refractivity contribution in [3.05, 3.63) is 78.2 Å². The van der Waals surface area contributed by atoms with Gasteiger partial charge in [0.25, 0.3) is 5.91 Å². The number of nitrogens with one attached hydrogen (secondary N) is 3. The largest absolute Gasteiger partial charge is 0.493 e. The summed E-state index contributed by atoms with van der Waals surface area (Å²) in [5.41, 5.74) is 1.79. The van der Waals surface area contributed by atoms with Gasteiger partial charge in [-0.2, -0.15) is 0 Å². The molecule has 184 valence electrons. The van der Waals surface area contributed by atoms with Gasteiger partial charge in [-0.3, -0.25) is 4.79 Å². The van der Waals surface area contributed by atoms with Gasteiger partial charge >= 0.3 is 0 Å². The van der Waals surface area contributed by atoms with Crippen molar-refractivity contribution in [2.24, 2.45) is 0 Å². The van der Waals surface area contributed by atoms with E-state index in [2.05, 4.69) is 30.9 Å². The van der Waals surface area contributed by atoms with E-state index in [1.54, 1.807) is 36.5 Å². The molecule has 0 bridgehead atoms. The fourth-order valence-corrected chi connectivity index (χ4v) is 3.46. The molecule has 0 saturated carbocycles. The van der Waals surface area contributed by atoms with Gasteiger partial charge in [0, 0.05) is 29.2 Å². The Hall–Kier alpha value is -4.86. The SMILES string of the molecule is COc1cc(C(=O)Nc2ccc(Nc3cc(Nc4ccccn4)nc(C)n3)cc2)cc(OC)c1OC. The van der Waals surface area contributed by atoms with E-state index < -0.39 is 0 Å². The summed E-state index contributed by atoms with van der Waals surface area (Å²) in [5, 5.41) is 9.29. The lowest BCUT2D eigenvalue weighted by atomic mass is 10.1. The van der Waals surface area contributed by atoms with Gasteiger partial charge in [0.1, 0.15) is 23.3 Å². The molecule has 4 rings (SSSR count). The molecule has 0 aliphatic heterocycles. The van der Waals surface area contributed by atoms with E-state index in [4.69, 9.17) is 14.2 Å². The normalized spacial score (nSPS) is 10.3. The lowest BCUT2D eigenvalue weighted by Gasteiger charge is -2.14. The van der Waals surface area contributed by atoms with E-state index in [0.717, 1.165) is 5.69 Å². The van der Waals surface area contributed by atoms with Crippen LogP contribution in [0.5, 0.6) is 17.2 Å². The summed E-state index contributed by atoms with van der Waals surface area (Å²) in [6.45, 7) is 1.82. The molecule has 0 radical (unpaired) electrons. The number of aromatic nitrogens is 3. The zero-order chi connectivity index (χ0) is 25.5. The number of rotatable bonds is 9. The van der Waals surface area contributed by atoms with Crippen molar-refractivity contribution in [2.75, 3.05) is 37.3 Å². The summed E-state index contributed by atoms with van der Waals surface area (Å²) in [4.78, 5) is 25.9. The number of pyridine rings is 1. The zero-order valence-corrected chi connectivity index (χ0v) is 20.3. The topological polar surface area (TPSA) is 120 Å². The van der Waals surface area contributed by atoms with Gasteiger partial charge in [0.2, 0.25) is 5.75 Å². The number of carbonyl (C=O) groups is 1. The van der Waals surface area contributed by atoms with E-state index >= 15 is 0 Å². The highest BCUT2D eigenvalue weighted by Gasteiger charge is 2.17. The third kappa shape index (κ3) is 5.79. The molecule has 1 amide bonds. The number of nitrogens with zero attached hydrogens (tertiary/aromatic N) is 3. The van der Waals surface area contributed by atoms with Crippen LogP contribution in [0.4, 0.5) is 28.8 Å². The Kier molecular flexibility index (Phi) is 7.45. The van der Waals surface area contributed by atoms with E-state index in [0.29, 0.717) is 51.8 Å². The van der Waals surface area contributed by atoms with Crippen LogP contribution in [0.3, 0.4) is 0 Å². The molecular weight excluding hydrogens is 460 g/mol. The molecule has 3 N–H and O–H groups in total. The molecule has 10 nitrogen and oxygen atoms in total. The summed E-state index contributed by atoms with van der Waals surface area (Å²) >= 11 is 0. The first kappa shape index (κ1) is 24.3. The molecule has 0 aliphatic carbocycles. The quantitative estimate of drug-likeness (QED) is 0.302. The van der Waals surface area contributed by atoms with Crippen LogP contribution >= 0.6 is 0 Å². The van der Waals surface area contributed by atoms with E-state index in [1.807, 2.05) is 37.3 Å². The highest BCUT2D eigenvalue weighted by atomic mass is 16.5. The maximum absolute atomic E-state index is 12.8. The van der Waals surface area contributed by atoms with Crippen LogP contribution in [0, 0.1) is 6.92 Å². The number of hydrogen-bond donors (Lipinski definition) is 3. The van der Waals surface area contributed by atoms with Gasteiger partial charge in [-0.25, -0.2) is 15.0 Å². The standard InChI is InChI=1S/C26H26N6O4/c1-16-28-23(15-24(29-16)32-22-7-5-6-12-27-22)30-18-8-10-19(11-9-18)31-26(33)17-13-20(34-2)25(36-4)21(14-17)35-3/h5-15H,1-4H3,(H,31,33)(H2,27,28,29,30,32). The Bertz CT molecular complexity index is 1320. The molecule has 2 aromatic carbocycles. The number of amides is 1. The molecule has 0 unspecified atom stereocenters. The van der Waals surface area contributed by atoms with Gasteiger partial charge in [0.05, 0.1) is 21.3 Å². The van der Waals surface area contributed by atoms with E-state index in [1.165, 1.54) is 21.3 Å². The molecule has 0 atom stereocenters. The average Bonchev–Trinajstić information content (AvgIpc) is 2.89. The van der Waals surface area contributed by atoms with Gasteiger partial charge in [-0.05, 0) is 55.5 Å². The van der Waals surface area contributed by atoms with Crippen LogP contribution in [-0.2, 0) is 0 Å². The van der Waals surface area contributed by atoms with Gasteiger partial charge in [0.15, 0.2) is 11.5 Å². The lowest BCUT2D eigenvalue weighted by molar-refractivity contribution is 0.102. The van der Waals surface area contributed by atoms with Crippen molar-refractivity contribution in [3.8, 4) is 17.2 Å². The Morgan fingerprint density at radius 3 is 1.97 bits per heavy atom. The smallest absolute Gasteiger partial charge is 0.255 e. The van der Waals surface area contributed by atoms with E-state index in [-0.39, 0.29) is 5.91 Å². The molecule has 2 heterocycles. The molecule has 0 fully saturated rings. The number of anilines is 5. The molecule has 2 aromatic heterocycles. The number of carbonyl (C=O) groups excluding carboxylic acids is 1. The molecule has 10 heteroatoms. The second-order valence-corrected chi connectivity index (χ2v) is 7.60. The van der Waals surface area contributed by atoms with Crippen molar-refractivity contribution < 1.29 is 19.0 Å². The first-order chi connectivity index (χ1) is 17.5. The Balaban J connectivity index is 1.45. The minimum atomic E-state index is -0.313.